The van der Waals surface area contributed by atoms with Gasteiger partial charge in [0, 0.05) is 12.1 Å². The van der Waals surface area contributed by atoms with E-state index in [0.29, 0.717) is 6.54 Å². The Labute approximate surface area is 117 Å². The minimum atomic E-state index is -1.02. The minimum absolute atomic E-state index is 0.120. The average Bonchev–Trinajstić information content (AvgIpc) is 2.44. The van der Waals surface area contributed by atoms with Crippen LogP contribution in [0.2, 0.25) is 0 Å². The Hall–Kier alpha value is -1.49. The molecule has 5 heteroatoms. The highest BCUT2D eigenvalue weighted by Gasteiger charge is 2.38. The summed E-state index contributed by atoms with van der Waals surface area (Å²) >= 11 is 0. The van der Waals surface area contributed by atoms with Gasteiger partial charge in [-0.1, -0.05) is 19.8 Å². The maximum Gasteiger partial charge on any atom is 0.251 e. The van der Waals surface area contributed by atoms with Crippen molar-refractivity contribution in [1.82, 2.24) is 5.32 Å². The number of nitrogens with two attached hydrogens (primary N) is 1. The molecule has 2 rings (SSSR count). The van der Waals surface area contributed by atoms with Crippen LogP contribution in [0.15, 0.2) is 18.2 Å². The van der Waals surface area contributed by atoms with E-state index in [1.165, 1.54) is 6.07 Å². The lowest BCUT2D eigenvalue weighted by Crippen LogP contribution is -2.59. The molecule has 1 aromatic carbocycles. The Balaban J connectivity index is 2.18. The monoisotopic (exact) mass is 282 g/mol. The molecule has 0 radical (unpaired) electrons. The lowest BCUT2D eigenvalue weighted by molar-refractivity contribution is 0.0812. The summed E-state index contributed by atoms with van der Waals surface area (Å²) in [6.07, 6.45) is 3.97. The second-order valence-corrected chi connectivity index (χ2v) is 5.59. The predicted molar refractivity (Wildman–Crippen MR) is 73.2 cm³/mol. The number of halogens is 2. The van der Waals surface area contributed by atoms with Crippen molar-refractivity contribution in [2.24, 2.45) is 11.7 Å². The number of hydrogen-bond donors (Lipinski definition) is 2. The third-order valence-corrected chi connectivity index (χ3v) is 4.36. The first-order valence-electron chi connectivity index (χ1n) is 6.96. The molecular weight excluding hydrogens is 262 g/mol. The van der Waals surface area contributed by atoms with Crippen LogP contribution in [0.4, 0.5) is 8.78 Å². The van der Waals surface area contributed by atoms with Crippen LogP contribution in [0, 0.1) is 17.6 Å². The molecule has 0 spiro atoms. The van der Waals surface area contributed by atoms with Crippen LogP contribution in [0.5, 0.6) is 0 Å². The van der Waals surface area contributed by atoms with Crippen LogP contribution in [-0.4, -0.2) is 18.0 Å². The van der Waals surface area contributed by atoms with Gasteiger partial charge >= 0.3 is 0 Å². The fourth-order valence-corrected chi connectivity index (χ4v) is 2.89. The van der Waals surface area contributed by atoms with Gasteiger partial charge in [-0.25, -0.2) is 8.78 Å². The zero-order valence-corrected chi connectivity index (χ0v) is 11.6. The summed E-state index contributed by atoms with van der Waals surface area (Å²) in [6, 6.07) is 3.16. The normalized spacial score (nSPS) is 26.3. The molecule has 2 atom stereocenters. The number of hydrogen-bond acceptors (Lipinski definition) is 2. The van der Waals surface area contributed by atoms with E-state index in [1.807, 2.05) is 0 Å². The molecule has 1 aromatic rings. The maximum atomic E-state index is 13.2. The molecule has 3 nitrogen and oxygen atoms in total. The quantitative estimate of drug-likeness (QED) is 0.895. The highest BCUT2D eigenvalue weighted by Crippen LogP contribution is 2.33. The number of rotatable bonds is 3. The van der Waals surface area contributed by atoms with Gasteiger partial charge in [-0.05, 0) is 37.0 Å². The van der Waals surface area contributed by atoms with Gasteiger partial charge in [-0.15, -0.1) is 0 Å². The van der Waals surface area contributed by atoms with Crippen LogP contribution in [0.1, 0.15) is 43.0 Å². The first-order chi connectivity index (χ1) is 9.48. The molecule has 0 saturated heterocycles. The molecule has 1 aliphatic rings. The van der Waals surface area contributed by atoms with E-state index in [9.17, 15) is 13.6 Å². The smallest absolute Gasteiger partial charge is 0.251 e. The molecule has 0 aromatic heterocycles. The number of benzene rings is 1. The zero-order valence-electron chi connectivity index (χ0n) is 11.6. The highest BCUT2D eigenvalue weighted by atomic mass is 19.2. The van der Waals surface area contributed by atoms with Crippen LogP contribution >= 0.6 is 0 Å². The van der Waals surface area contributed by atoms with E-state index >= 15 is 0 Å². The summed E-state index contributed by atoms with van der Waals surface area (Å²) in [4.78, 5) is 12.2. The fourth-order valence-electron chi connectivity index (χ4n) is 2.89. The van der Waals surface area contributed by atoms with Crippen molar-refractivity contribution < 1.29 is 13.6 Å². The van der Waals surface area contributed by atoms with Crippen molar-refractivity contribution in [2.45, 2.75) is 38.1 Å². The number of nitrogens with one attached hydrogen (secondary N) is 1. The Morgan fingerprint density at radius 2 is 2.15 bits per heavy atom. The van der Waals surface area contributed by atoms with E-state index in [-0.39, 0.29) is 11.5 Å². The fraction of sp³-hybridized carbons (Fsp3) is 0.533. The van der Waals surface area contributed by atoms with Crippen LogP contribution in [0.3, 0.4) is 0 Å². The van der Waals surface area contributed by atoms with E-state index in [1.54, 1.807) is 0 Å². The molecule has 1 fully saturated rings. The molecule has 1 amide bonds. The highest BCUT2D eigenvalue weighted by molar-refractivity contribution is 5.94. The van der Waals surface area contributed by atoms with Crippen molar-refractivity contribution >= 4 is 5.91 Å². The number of carbonyl (C=O) groups excluding carboxylic acids is 1. The average molecular weight is 282 g/mol. The van der Waals surface area contributed by atoms with E-state index in [0.717, 1.165) is 37.8 Å². The topological polar surface area (TPSA) is 55.1 Å². The van der Waals surface area contributed by atoms with Gasteiger partial charge in [-0.3, -0.25) is 4.79 Å². The predicted octanol–water partition coefficient (Wildman–Crippen LogP) is 2.60. The van der Waals surface area contributed by atoms with Crippen molar-refractivity contribution in [3.8, 4) is 0 Å². The summed E-state index contributed by atoms with van der Waals surface area (Å²) in [6.45, 7) is 2.42. The zero-order chi connectivity index (χ0) is 14.8. The van der Waals surface area contributed by atoms with Gasteiger partial charge in [0.2, 0.25) is 0 Å². The van der Waals surface area contributed by atoms with Crippen LogP contribution < -0.4 is 11.1 Å². The third kappa shape index (κ3) is 2.82. The third-order valence-electron chi connectivity index (χ3n) is 4.36. The summed E-state index contributed by atoms with van der Waals surface area (Å²) in [5.74, 6) is -2.10. The Morgan fingerprint density at radius 3 is 2.75 bits per heavy atom. The first-order valence-corrected chi connectivity index (χ1v) is 6.96. The second-order valence-electron chi connectivity index (χ2n) is 5.59. The molecule has 3 N–H and O–H groups in total. The van der Waals surface area contributed by atoms with Crippen molar-refractivity contribution in [3.63, 3.8) is 0 Å². The lowest BCUT2D eigenvalue weighted by atomic mass is 9.73. The van der Waals surface area contributed by atoms with Crippen LogP contribution in [-0.2, 0) is 0 Å². The SMILES string of the molecule is CC1CCCCC1(CN)NC(=O)c1ccc(F)c(F)c1. The largest absolute Gasteiger partial charge is 0.345 e. The van der Waals surface area contributed by atoms with Gasteiger partial charge in [-0.2, -0.15) is 0 Å². The van der Waals surface area contributed by atoms with E-state index < -0.39 is 23.1 Å². The molecule has 2 unspecified atom stereocenters. The second kappa shape index (κ2) is 5.87. The standard InChI is InChI=1S/C15H20F2N2O/c1-10-4-2-3-7-15(10,9-18)19-14(20)11-5-6-12(16)13(17)8-11/h5-6,8,10H,2-4,7,9,18H2,1H3,(H,19,20). The molecule has 0 bridgehead atoms. The minimum Gasteiger partial charge on any atom is -0.345 e. The molecule has 0 heterocycles. The van der Waals surface area contributed by atoms with Gasteiger partial charge in [0.1, 0.15) is 0 Å². The van der Waals surface area contributed by atoms with E-state index in [2.05, 4.69) is 12.2 Å². The maximum absolute atomic E-state index is 13.2. The molecule has 110 valence electrons. The first kappa shape index (κ1) is 14.9. The summed E-state index contributed by atoms with van der Waals surface area (Å²) in [7, 11) is 0. The number of carbonyl (C=O) groups is 1. The van der Waals surface area contributed by atoms with Crippen molar-refractivity contribution in [3.05, 3.63) is 35.4 Å². The van der Waals surface area contributed by atoms with Gasteiger partial charge in [0.25, 0.3) is 5.91 Å². The van der Waals surface area contributed by atoms with Gasteiger partial charge in [0.15, 0.2) is 11.6 Å². The number of amides is 1. The summed E-state index contributed by atoms with van der Waals surface area (Å²) < 4.78 is 26.1. The lowest BCUT2D eigenvalue weighted by Gasteiger charge is -2.42. The molecule has 1 aliphatic carbocycles. The Bertz CT molecular complexity index is 507. The summed E-state index contributed by atoms with van der Waals surface area (Å²) in [5, 5.41) is 2.94. The van der Waals surface area contributed by atoms with Crippen molar-refractivity contribution in [2.75, 3.05) is 6.54 Å². The Morgan fingerprint density at radius 1 is 1.40 bits per heavy atom. The van der Waals surface area contributed by atoms with Gasteiger partial charge < -0.3 is 11.1 Å². The van der Waals surface area contributed by atoms with Gasteiger partial charge in [0.05, 0.1) is 5.54 Å². The molecule has 20 heavy (non-hydrogen) atoms. The molecule has 0 aliphatic heterocycles. The Kier molecular flexibility index (Phi) is 4.38. The molecular formula is C15H20F2N2O. The summed E-state index contributed by atoms with van der Waals surface area (Å²) in [5.41, 5.74) is 5.54. The molecule has 1 saturated carbocycles. The van der Waals surface area contributed by atoms with E-state index in [4.69, 9.17) is 5.73 Å². The van der Waals surface area contributed by atoms with Crippen molar-refractivity contribution in [1.29, 1.82) is 0 Å². The van der Waals surface area contributed by atoms with Crippen LogP contribution in [0.25, 0.3) is 0 Å².